The van der Waals surface area contributed by atoms with E-state index in [1.165, 1.54) is 4.90 Å². The van der Waals surface area contributed by atoms with Crippen molar-refractivity contribution in [2.24, 2.45) is 0 Å². The summed E-state index contributed by atoms with van der Waals surface area (Å²) in [5, 5.41) is 19.8. The molecule has 1 saturated heterocycles. The van der Waals surface area contributed by atoms with E-state index in [-0.39, 0.29) is 6.04 Å². The zero-order valence-corrected chi connectivity index (χ0v) is 9.76. The molecule has 0 aromatic heterocycles. The van der Waals surface area contributed by atoms with Crippen LogP contribution in [-0.2, 0) is 9.53 Å². The van der Waals surface area contributed by atoms with Gasteiger partial charge in [0, 0.05) is 26.3 Å². The SMILES string of the molecule is CN(C(=O)N[C@H](CO)C(=O)O)C1CCOCC1. The van der Waals surface area contributed by atoms with Gasteiger partial charge in [0.1, 0.15) is 0 Å². The molecule has 0 saturated carbocycles. The largest absolute Gasteiger partial charge is 0.480 e. The van der Waals surface area contributed by atoms with Gasteiger partial charge in [-0.15, -0.1) is 0 Å². The van der Waals surface area contributed by atoms with Crippen molar-refractivity contribution in [3.8, 4) is 0 Å². The van der Waals surface area contributed by atoms with Crippen molar-refractivity contribution in [1.29, 1.82) is 0 Å². The molecule has 0 unspecified atom stereocenters. The predicted molar refractivity (Wildman–Crippen MR) is 58.6 cm³/mol. The normalized spacial score (nSPS) is 18.5. The number of nitrogens with zero attached hydrogens (tertiary/aromatic N) is 1. The number of carboxylic acids is 1. The summed E-state index contributed by atoms with van der Waals surface area (Å²) in [4.78, 5) is 23.8. The van der Waals surface area contributed by atoms with E-state index in [1.54, 1.807) is 7.05 Å². The molecular formula is C10H18N2O5. The van der Waals surface area contributed by atoms with Gasteiger partial charge in [0.25, 0.3) is 0 Å². The molecule has 0 spiro atoms. The molecule has 0 aromatic carbocycles. The fourth-order valence-electron chi connectivity index (χ4n) is 1.67. The third-order valence-electron chi connectivity index (χ3n) is 2.84. The smallest absolute Gasteiger partial charge is 0.328 e. The molecule has 0 radical (unpaired) electrons. The number of amides is 2. The monoisotopic (exact) mass is 246 g/mol. The topological polar surface area (TPSA) is 99.1 Å². The number of aliphatic hydroxyl groups is 1. The van der Waals surface area contributed by atoms with Crippen LogP contribution in [0.3, 0.4) is 0 Å². The molecule has 2 amide bonds. The maximum atomic E-state index is 11.7. The minimum Gasteiger partial charge on any atom is -0.480 e. The Hall–Kier alpha value is -1.34. The summed E-state index contributed by atoms with van der Waals surface area (Å²) in [6, 6.07) is -1.69. The Morgan fingerprint density at radius 3 is 2.53 bits per heavy atom. The Kier molecular flexibility index (Phi) is 5.17. The van der Waals surface area contributed by atoms with Gasteiger partial charge in [-0.3, -0.25) is 0 Å². The maximum absolute atomic E-state index is 11.7. The summed E-state index contributed by atoms with van der Waals surface area (Å²) in [6.45, 7) is 0.581. The highest BCUT2D eigenvalue weighted by Gasteiger charge is 2.26. The molecule has 1 fully saturated rings. The van der Waals surface area contributed by atoms with E-state index >= 15 is 0 Å². The molecule has 1 atom stereocenters. The van der Waals surface area contributed by atoms with Crippen molar-refractivity contribution < 1.29 is 24.5 Å². The van der Waals surface area contributed by atoms with Gasteiger partial charge in [0.15, 0.2) is 6.04 Å². The van der Waals surface area contributed by atoms with Crippen molar-refractivity contribution in [3.63, 3.8) is 0 Å². The summed E-state index contributed by atoms with van der Waals surface area (Å²) in [5.74, 6) is -1.25. The Morgan fingerprint density at radius 1 is 1.47 bits per heavy atom. The number of carboxylic acid groups (broad SMARTS) is 1. The second-order valence-corrected chi connectivity index (χ2v) is 3.98. The van der Waals surface area contributed by atoms with E-state index in [4.69, 9.17) is 14.9 Å². The summed E-state index contributed by atoms with van der Waals surface area (Å²) < 4.78 is 5.18. The van der Waals surface area contributed by atoms with Crippen LogP contribution in [0.4, 0.5) is 4.79 Å². The number of carbonyl (C=O) groups is 2. The summed E-state index contributed by atoms with van der Waals surface area (Å²) in [5.41, 5.74) is 0. The van der Waals surface area contributed by atoms with Gasteiger partial charge in [-0.05, 0) is 12.8 Å². The molecule has 1 rings (SSSR count). The lowest BCUT2D eigenvalue weighted by Gasteiger charge is -2.31. The molecule has 0 aliphatic carbocycles. The number of ether oxygens (including phenoxy) is 1. The van der Waals surface area contributed by atoms with Gasteiger partial charge < -0.3 is 25.2 Å². The standard InChI is InChI=1S/C10H18N2O5/c1-12(7-2-4-17-5-3-7)10(16)11-8(6-13)9(14)15/h7-8,13H,2-6H2,1H3,(H,11,16)(H,14,15)/t8-/m1/s1. The zero-order chi connectivity index (χ0) is 12.8. The predicted octanol–water partition coefficient (Wildman–Crippen LogP) is -0.748. The lowest BCUT2D eigenvalue weighted by atomic mass is 10.1. The van der Waals surface area contributed by atoms with Crippen molar-refractivity contribution in [2.75, 3.05) is 26.9 Å². The Balaban J connectivity index is 2.47. The third kappa shape index (κ3) is 3.86. The second kappa shape index (κ2) is 6.41. The molecular weight excluding hydrogens is 228 g/mol. The fourth-order valence-corrected chi connectivity index (χ4v) is 1.67. The molecule has 98 valence electrons. The lowest BCUT2D eigenvalue weighted by molar-refractivity contribution is -0.140. The van der Waals surface area contributed by atoms with Crippen LogP contribution in [0.1, 0.15) is 12.8 Å². The number of aliphatic hydroxyl groups excluding tert-OH is 1. The van der Waals surface area contributed by atoms with E-state index < -0.39 is 24.6 Å². The van der Waals surface area contributed by atoms with E-state index in [9.17, 15) is 9.59 Å². The number of urea groups is 1. The molecule has 17 heavy (non-hydrogen) atoms. The average Bonchev–Trinajstić information content (AvgIpc) is 2.35. The second-order valence-electron chi connectivity index (χ2n) is 3.98. The average molecular weight is 246 g/mol. The van der Waals surface area contributed by atoms with Crippen molar-refractivity contribution in [3.05, 3.63) is 0 Å². The van der Waals surface area contributed by atoms with Gasteiger partial charge in [0.05, 0.1) is 6.61 Å². The summed E-state index contributed by atoms with van der Waals surface area (Å²) >= 11 is 0. The molecule has 1 aliphatic heterocycles. The highest BCUT2D eigenvalue weighted by Crippen LogP contribution is 2.12. The van der Waals surface area contributed by atoms with Crippen LogP contribution in [0, 0.1) is 0 Å². The molecule has 7 heteroatoms. The van der Waals surface area contributed by atoms with Gasteiger partial charge in [-0.1, -0.05) is 0 Å². The Morgan fingerprint density at radius 2 is 2.06 bits per heavy atom. The number of hydrogen-bond donors (Lipinski definition) is 3. The Labute approximate surface area is 99.4 Å². The quantitative estimate of drug-likeness (QED) is 0.606. The first-order valence-electron chi connectivity index (χ1n) is 5.51. The Bertz CT molecular complexity index is 278. The molecule has 1 aliphatic rings. The molecule has 0 aromatic rings. The highest BCUT2D eigenvalue weighted by molar-refractivity contribution is 5.82. The van der Waals surface area contributed by atoms with Crippen molar-refractivity contribution in [1.82, 2.24) is 10.2 Å². The number of carbonyl (C=O) groups excluding carboxylic acids is 1. The van der Waals surface area contributed by atoms with Gasteiger partial charge >= 0.3 is 12.0 Å². The van der Waals surface area contributed by atoms with Crippen LogP contribution in [0.2, 0.25) is 0 Å². The highest BCUT2D eigenvalue weighted by atomic mass is 16.5. The van der Waals surface area contributed by atoms with Gasteiger partial charge in [-0.2, -0.15) is 0 Å². The van der Waals surface area contributed by atoms with Gasteiger partial charge in [0.2, 0.25) is 0 Å². The minimum absolute atomic E-state index is 0.0527. The zero-order valence-electron chi connectivity index (χ0n) is 9.76. The number of rotatable bonds is 4. The molecule has 3 N–H and O–H groups in total. The summed E-state index contributed by atoms with van der Waals surface area (Å²) in [7, 11) is 1.61. The van der Waals surface area contributed by atoms with E-state index in [2.05, 4.69) is 5.32 Å². The van der Waals surface area contributed by atoms with Crippen molar-refractivity contribution >= 4 is 12.0 Å². The first kappa shape index (κ1) is 13.7. The molecule has 1 heterocycles. The summed E-state index contributed by atoms with van der Waals surface area (Å²) in [6.07, 6.45) is 1.47. The molecule has 7 nitrogen and oxygen atoms in total. The van der Waals surface area contributed by atoms with Crippen LogP contribution in [0.15, 0.2) is 0 Å². The van der Waals surface area contributed by atoms with Crippen LogP contribution < -0.4 is 5.32 Å². The first-order chi connectivity index (χ1) is 8.06. The minimum atomic E-state index is -1.26. The van der Waals surface area contributed by atoms with E-state index in [0.717, 1.165) is 12.8 Å². The van der Waals surface area contributed by atoms with Gasteiger partial charge in [-0.25, -0.2) is 9.59 Å². The number of hydrogen-bond acceptors (Lipinski definition) is 4. The first-order valence-corrected chi connectivity index (χ1v) is 5.51. The van der Waals surface area contributed by atoms with Crippen LogP contribution in [-0.4, -0.2) is 66.1 Å². The van der Waals surface area contributed by atoms with Crippen LogP contribution in [0.25, 0.3) is 0 Å². The third-order valence-corrected chi connectivity index (χ3v) is 2.84. The number of aliphatic carboxylic acids is 1. The number of nitrogens with one attached hydrogen (secondary N) is 1. The maximum Gasteiger partial charge on any atom is 0.328 e. The van der Waals surface area contributed by atoms with Crippen molar-refractivity contribution in [2.45, 2.75) is 24.9 Å². The molecule has 0 bridgehead atoms. The lowest BCUT2D eigenvalue weighted by Crippen LogP contribution is -2.52. The van der Waals surface area contributed by atoms with E-state index in [0.29, 0.717) is 13.2 Å². The van der Waals surface area contributed by atoms with Crippen LogP contribution in [0.5, 0.6) is 0 Å². The fraction of sp³-hybridized carbons (Fsp3) is 0.800. The van der Waals surface area contributed by atoms with E-state index in [1.807, 2.05) is 0 Å². The van der Waals surface area contributed by atoms with Crippen LogP contribution >= 0.6 is 0 Å².